The molecule has 8 heteroatoms. The largest absolute Gasteiger partial charge is 0.493 e. The fourth-order valence-corrected chi connectivity index (χ4v) is 3.48. The molecule has 1 aromatic rings. The number of halogens is 1. The molecule has 0 aliphatic heterocycles. The number of benzene rings is 1. The number of carbonyl (C=O) groups is 1. The van der Waals surface area contributed by atoms with Gasteiger partial charge >= 0.3 is 0 Å². The number of amides is 1. The van der Waals surface area contributed by atoms with Gasteiger partial charge in [-0.25, -0.2) is 0 Å². The van der Waals surface area contributed by atoms with E-state index in [1.54, 1.807) is 21.3 Å². The highest BCUT2D eigenvalue weighted by Gasteiger charge is 2.17. The van der Waals surface area contributed by atoms with Crippen molar-refractivity contribution in [3.05, 3.63) is 23.8 Å². The molecule has 1 amide bonds. The molecule has 2 rings (SSSR count). The number of ether oxygens (including phenoxy) is 2. The van der Waals surface area contributed by atoms with Crippen molar-refractivity contribution < 1.29 is 14.3 Å². The molecule has 0 bridgehead atoms. The van der Waals surface area contributed by atoms with Crippen LogP contribution in [-0.2, 0) is 11.2 Å². The fraction of sp³-hybridized carbons (Fsp3) is 0.619. The summed E-state index contributed by atoms with van der Waals surface area (Å²) >= 11 is 0. The van der Waals surface area contributed by atoms with Crippen LogP contribution in [0.4, 0.5) is 0 Å². The summed E-state index contributed by atoms with van der Waals surface area (Å²) < 4.78 is 10.6. The standard InChI is InChI=1S/C21H34N4O3.HI/c1-22-21(23-13-11-20(26)24-17-7-5-6-8-17)25(2)14-12-16-9-10-18(27-3)19(15-16)28-4;/h9-10,15,17H,5-8,11-14H2,1-4H3,(H,22,23)(H,24,26);1H. The van der Waals surface area contributed by atoms with Gasteiger partial charge in [-0.1, -0.05) is 18.9 Å². The Balaban J connectivity index is 0.00000420. The highest BCUT2D eigenvalue weighted by atomic mass is 127. The molecule has 2 N–H and O–H groups in total. The summed E-state index contributed by atoms with van der Waals surface area (Å²) in [5.41, 5.74) is 1.16. The summed E-state index contributed by atoms with van der Waals surface area (Å²) in [7, 11) is 7.03. The van der Waals surface area contributed by atoms with Crippen LogP contribution in [0, 0.1) is 0 Å². The maximum atomic E-state index is 12.0. The molecule has 1 aromatic carbocycles. The Bertz CT molecular complexity index is 663. The van der Waals surface area contributed by atoms with Crippen molar-refractivity contribution in [3.8, 4) is 11.5 Å². The third-order valence-electron chi connectivity index (χ3n) is 5.11. The van der Waals surface area contributed by atoms with Gasteiger partial charge in [-0.2, -0.15) is 0 Å². The second kappa shape index (κ2) is 13.5. The molecule has 7 nitrogen and oxygen atoms in total. The van der Waals surface area contributed by atoms with E-state index in [-0.39, 0.29) is 29.9 Å². The number of guanidine groups is 1. The van der Waals surface area contributed by atoms with Gasteiger partial charge in [0.15, 0.2) is 17.5 Å². The van der Waals surface area contributed by atoms with E-state index in [2.05, 4.69) is 20.5 Å². The molecule has 0 aromatic heterocycles. The van der Waals surface area contributed by atoms with Crippen LogP contribution in [0.25, 0.3) is 0 Å². The predicted molar refractivity (Wildman–Crippen MR) is 128 cm³/mol. The van der Waals surface area contributed by atoms with Gasteiger partial charge < -0.3 is 25.0 Å². The first-order valence-electron chi connectivity index (χ1n) is 9.99. The summed E-state index contributed by atoms with van der Waals surface area (Å²) in [5.74, 6) is 2.36. The number of aliphatic imine (C=N–C) groups is 1. The Morgan fingerprint density at radius 3 is 2.52 bits per heavy atom. The first kappa shape index (κ1) is 25.3. The highest BCUT2D eigenvalue weighted by Crippen LogP contribution is 2.27. The van der Waals surface area contributed by atoms with Crippen LogP contribution >= 0.6 is 24.0 Å². The van der Waals surface area contributed by atoms with Crippen LogP contribution in [0.5, 0.6) is 11.5 Å². The van der Waals surface area contributed by atoms with E-state index in [0.717, 1.165) is 48.8 Å². The quantitative estimate of drug-likeness (QED) is 0.299. The second-order valence-corrected chi connectivity index (χ2v) is 7.13. The Kier molecular flexibility index (Phi) is 11.8. The molecular weight excluding hydrogens is 483 g/mol. The lowest BCUT2D eigenvalue weighted by Gasteiger charge is -2.22. The number of rotatable bonds is 9. The summed E-state index contributed by atoms with van der Waals surface area (Å²) in [6.07, 6.45) is 5.97. The topological polar surface area (TPSA) is 75.2 Å². The zero-order valence-electron chi connectivity index (χ0n) is 18.0. The first-order chi connectivity index (χ1) is 13.6. The Morgan fingerprint density at radius 2 is 1.90 bits per heavy atom. The van der Waals surface area contributed by atoms with E-state index >= 15 is 0 Å². The minimum atomic E-state index is 0. The number of hydrogen-bond donors (Lipinski definition) is 2. The number of nitrogens with one attached hydrogen (secondary N) is 2. The van der Waals surface area contributed by atoms with Crippen LogP contribution in [-0.4, -0.2) is 64.2 Å². The molecule has 1 saturated carbocycles. The molecule has 1 aliphatic carbocycles. The minimum absolute atomic E-state index is 0. The maximum Gasteiger partial charge on any atom is 0.221 e. The third-order valence-corrected chi connectivity index (χ3v) is 5.11. The predicted octanol–water partition coefficient (Wildman–Crippen LogP) is 2.82. The van der Waals surface area contributed by atoms with E-state index in [1.807, 2.05) is 25.2 Å². The summed E-state index contributed by atoms with van der Waals surface area (Å²) in [6, 6.07) is 6.33. The molecule has 0 spiro atoms. The van der Waals surface area contributed by atoms with Crippen LogP contribution in [0.1, 0.15) is 37.7 Å². The first-order valence-corrected chi connectivity index (χ1v) is 9.99. The van der Waals surface area contributed by atoms with E-state index in [9.17, 15) is 4.79 Å². The number of methoxy groups -OCH3 is 2. The average molecular weight is 518 g/mol. The van der Waals surface area contributed by atoms with Gasteiger partial charge in [-0.15, -0.1) is 24.0 Å². The molecule has 1 fully saturated rings. The number of nitrogens with zero attached hydrogens (tertiary/aromatic N) is 2. The molecular formula is C21H35IN4O3. The van der Waals surface area contributed by atoms with Gasteiger partial charge in [0.05, 0.1) is 14.2 Å². The van der Waals surface area contributed by atoms with Crippen molar-refractivity contribution >= 4 is 35.8 Å². The van der Waals surface area contributed by atoms with Crippen LogP contribution in [0.15, 0.2) is 23.2 Å². The monoisotopic (exact) mass is 518 g/mol. The molecule has 0 unspecified atom stereocenters. The van der Waals surface area contributed by atoms with Gasteiger partial charge in [0, 0.05) is 39.6 Å². The van der Waals surface area contributed by atoms with Crippen molar-refractivity contribution in [2.45, 2.75) is 44.6 Å². The average Bonchev–Trinajstić information content (AvgIpc) is 3.22. The van der Waals surface area contributed by atoms with E-state index < -0.39 is 0 Å². The summed E-state index contributed by atoms with van der Waals surface area (Å²) in [5, 5.41) is 6.38. The smallest absolute Gasteiger partial charge is 0.221 e. The lowest BCUT2D eigenvalue weighted by atomic mass is 10.1. The molecule has 29 heavy (non-hydrogen) atoms. The van der Waals surface area contributed by atoms with Crippen molar-refractivity contribution in [1.29, 1.82) is 0 Å². The molecule has 0 saturated heterocycles. The highest BCUT2D eigenvalue weighted by molar-refractivity contribution is 14.0. The number of likely N-dealkylation sites (N-methyl/N-ethyl adjacent to an activating group) is 1. The zero-order valence-corrected chi connectivity index (χ0v) is 20.3. The van der Waals surface area contributed by atoms with Crippen LogP contribution in [0.3, 0.4) is 0 Å². The van der Waals surface area contributed by atoms with Gasteiger partial charge in [-0.05, 0) is 37.0 Å². The molecule has 0 atom stereocenters. The van der Waals surface area contributed by atoms with E-state index in [0.29, 0.717) is 19.0 Å². The zero-order chi connectivity index (χ0) is 20.4. The van der Waals surface area contributed by atoms with E-state index in [1.165, 1.54) is 12.8 Å². The van der Waals surface area contributed by atoms with Crippen molar-refractivity contribution in [2.75, 3.05) is 41.4 Å². The second-order valence-electron chi connectivity index (χ2n) is 7.13. The van der Waals surface area contributed by atoms with Gasteiger partial charge in [0.25, 0.3) is 0 Å². The van der Waals surface area contributed by atoms with Crippen molar-refractivity contribution in [2.24, 2.45) is 4.99 Å². The minimum Gasteiger partial charge on any atom is -0.493 e. The summed E-state index contributed by atoms with van der Waals surface area (Å²) in [6.45, 7) is 1.37. The lowest BCUT2D eigenvalue weighted by molar-refractivity contribution is -0.121. The summed E-state index contributed by atoms with van der Waals surface area (Å²) in [4.78, 5) is 18.4. The Hall–Kier alpha value is -1.71. The Labute approximate surface area is 191 Å². The van der Waals surface area contributed by atoms with Gasteiger partial charge in [0.1, 0.15) is 0 Å². The van der Waals surface area contributed by atoms with Crippen LogP contribution < -0.4 is 20.1 Å². The number of carbonyl (C=O) groups excluding carboxylic acids is 1. The lowest BCUT2D eigenvalue weighted by Crippen LogP contribution is -2.42. The van der Waals surface area contributed by atoms with Crippen molar-refractivity contribution in [1.82, 2.24) is 15.5 Å². The molecule has 164 valence electrons. The Morgan fingerprint density at radius 1 is 1.21 bits per heavy atom. The van der Waals surface area contributed by atoms with Crippen LogP contribution in [0.2, 0.25) is 0 Å². The maximum absolute atomic E-state index is 12.0. The third kappa shape index (κ3) is 8.28. The molecule has 1 aliphatic rings. The normalized spacial score (nSPS) is 14.1. The molecule has 0 heterocycles. The van der Waals surface area contributed by atoms with Gasteiger partial charge in [0.2, 0.25) is 5.91 Å². The fourth-order valence-electron chi connectivity index (χ4n) is 3.48. The van der Waals surface area contributed by atoms with Crippen molar-refractivity contribution in [3.63, 3.8) is 0 Å². The molecule has 0 radical (unpaired) electrons. The van der Waals surface area contributed by atoms with E-state index in [4.69, 9.17) is 9.47 Å². The number of hydrogen-bond acceptors (Lipinski definition) is 4. The SMILES string of the molecule is CN=C(NCCC(=O)NC1CCCC1)N(C)CCc1ccc(OC)c(OC)c1.I. The van der Waals surface area contributed by atoms with Gasteiger partial charge in [-0.3, -0.25) is 9.79 Å².